The Hall–Kier alpha value is -2.31. The van der Waals surface area contributed by atoms with Crippen molar-refractivity contribution in [2.45, 2.75) is 29.6 Å². The van der Waals surface area contributed by atoms with Crippen LogP contribution in [0, 0.1) is 10.8 Å². The summed E-state index contributed by atoms with van der Waals surface area (Å²) >= 11 is 0. The Kier molecular flexibility index (Phi) is 2.89. The summed E-state index contributed by atoms with van der Waals surface area (Å²) in [5.74, 6) is -3.05. The normalized spacial score (nSPS) is 38.5. The summed E-state index contributed by atoms with van der Waals surface area (Å²) in [6.07, 6.45) is -2.58. The van der Waals surface area contributed by atoms with Crippen LogP contribution in [-0.4, -0.2) is 81.0 Å². The molecule has 0 unspecified atom stereocenters. The van der Waals surface area contributed by atoms with Crippen molar-refractivity contribution in [1.82, 2.24) is 20.9 Å². The number of rotatable bonds is 2. The molecular weight excluding hydrogens is 298 g/mol. The van der Waals surface area contributed by atoms with Crippen LogP contribution >= 0.6 is 0 Å². The van der Waals surface area contributed by atoms with Crippen molar-refractivity contribution in [3.8, 4) is 0 Å². The molecule has 3 fully saturated rings. The van der Waals surface area contributed by atoms with Crippen LogP contribution < -0.4 is 21.7 Å². The average molecular weight is 315 g/mol. The van der Waals surface area contributed by atoms with Crippen LogP contribution in [0.5, 0.6) is 0 Å². The Balaban J connectivity index is 2.01. The number of amides is 1. The first kappa shape index (κ1) is 14.6. The molecule has 0 aromatic rings. The summed E-state index contributed by atoms with van der Waals surface area (Å²) in [6.45, 7) is -0.479. The van der Waals surface area contributed by atoms with Crippen LogP contribution in [0.15, 0.2) is 0 Å². The maximum atomic E-state index is 10.8. The molecule has 1 spiro atoms. The first-order valence-corrected chi connectivity index (χ1v) is 6.51. The Morgan fingerprint density at radius 3 is 2.77 bits per heavy atom. The molecule has 3 saturated heterocycles. The zero-order valence-electron chi connectivity index (χ0n) is 11.3. The number of ether oxygens (including phenoxy) is 1. The number of nitrogens with two attached hydrogens (primary N) is 1. The van der Waals surface area contributed by atoms with Gasteiger partial charge in [-0.3, -0.25) is 10.8 Å². The zero-order valence-corrected chi connectivity index (χ0v) is 11.3. The molecule has 12 nitrogen and oxygen atoms in total. The lowest BCUT2D eigenvalue weighted by Crippen LogP contribution is -2.80. The van der Waals surface area contributed by atoms with Gasteiger partial charge in [-0.15, -0.1) is 0 Å². The highest BCUT2D eigenvalue weighted by Gasteiger charge is 2.74. The molecule has 1 amide bonds. The number of aliphatic hydroxyl groups is 3. The molecular formula is C10H17N7O5. The summed E-state index contributed by atoms with van der Waals surface area (Å²) in [4.78, 5) is 12.0. The number of carbonyl (C=O) groups is 1. The summed E-state index contributed by atoms with van der Waals surface area (Å²) in [5.41, 5.74) is 3.18. The van der Waals surface area contributed by atoms with E-state index in [0.29, 0.717) is 0 Å². The minimum absolute atomic E-state index is 0.206. The van der Waals surface area contributed by atoms with Gasteiger partial charge in [-0.25, -0.2) is 4.79 Å². The lowest BCUT2D eigenvalue weighted by molar-refractivity contribution is -0.258. The van der Waals surface area contributed by atoms with Gasteiger partial charge in [0.15, 0.2) is 17.6 Å². The molecule has 0 aromatic carbocycles. The lowest BCUT2D eigenvalue weighted by Gasteiger charge is -2.50. The molecule has 3 rings (SSSR count). The number of guanidine groups is 2. The van der Waals surface area contributed by atoms with E-state index in [4.69, 9.17) is 21.3 Å². The van der Waals surface area contributed by atoms with Gasteiger partial charge in [0.2, 0.25) is 5.79 Å². The molecule has 3 heterocycles. The second-order valence-corrected chi connectivity index (χ2v) is 5.47. The quantitative estimate of drug-likeness (QED) is 0.225. The highest BCUT2D eigenvalue weighted by atomic mass is 16.5. The highest BCUT2D eigenvalue weighted by molar-refractivity contribution is 5.87. The number of nitrogens with zero attached hydrogens (tertiary/aromatic N) is 1. The molecule has 22 heavy (non-hydrogen) atoms. The maximum Gasteiger partial charge on any atom is 0.404 e. The zero-order chi connectivity index (χ0) is 16.3. The fourth-order valence-corrected chi connectivity index (χ4v) is 3.32. The van der Waals surface area contributed by atoms with Crippen molar-refractivity contribution in [3.63, 3.8) is 0 Å². The van der Waals surface area contributed by atoms with E-state index in [1.807, 2.05) is 0 Å². The topological polar surface area (TPSA) is 200 Å². The lowest BCUT2D eigenvalue weighted by atomic mass is 9.85. The van der Waals surface area contributed by atoms with Crippen molar-refractivity contribution < 1.29 is 24.9 Å². The first-order valence-electron chi connectivity index (χ1n) is 6.51. The van der Waals surface area contributed by atoms with Gasteiger partial charge in [0, 0.05) is 0 Å². The molecule has 0 saturated carbocycles. The average Bonchev–Trinajstić information content (AvgIpc) is 2.86. The van der Waals surface area contributed by atoms with Gasteiger partial charge in [-0.2, -0.15) is 0 Å². The molecule has 0 aliphatic carbocycles. The molecule has 4 atom stereocenters. The number of primary amides is 1. The summed E-state index contributed by atoms with van der Waals surface area (Å²) in [7, 11) is 0. The number of aliphatic hydroxyl groups excluding tert-OH is 1. The van der Waals surface area contributed by atoms with E-state index in [1.54, 1.807) is 0 Å². The summed E-state index contributed by atoms with van der Waals surface area (Å²) in [6, 6.07) is -1.64. The van der Waals surface area contributed by atoms with Crippen LogP contribution in [0.1, 0.15) is 0 Å². The number of carbonyl (C=O) groups excluding carboxylic acids is 1. The Morgan fingerprint density at radius 1 is 1.45 bits per heavy atom. The van der Waals surface area contributed by atoms with E-state index in [1.165, 1.54) is 4.90 Å². The third-order valence-corrected chi connectivity index (χ3v) is 4.27. The van der Waals surface area contributed by atoms with Crippen molar-refractivity contribution in [1.29, 1.82) is 10.8 Å². The van der Waals surface area contributed by atoms with Crippen molar-refractivity contribution in [3.05, 3.63) is 0 Å². The number of nitrogens with one attached hydrogen (secondary N) is 5. The van der Waals surface area contributed by atoms with Crippen LogP contribution in [0.4, 0.5) is 4.79 Å². The minimum Gasteiger partial charge on any atom is -0.447 e. The van der Waals surface area contributed by atoms with E-state index in [0.717, 1.165) is 0 Å². The molecule has 3 aliphatic rings. The van der Waals surface area contributed by atoms with Crippen LogP contribution in [0.2, 0.25) is 0 Å². The van der Waals surface area contributed by atoms with E-state index in [9.17, 15) is 20.1 Å². The second kappa shape index (κ2) is 4.34. The largest absolute Gasteiger partial charge is 0.447 e. The van der Waals surface area contributed by atoms with E-state index >= 15 is 0 Å². The van der Waals surface area contributed by atoms with Crippen molar-refractivity contribution in [2.75, 3.05) is 13.2 Å². The summed E-state index contributed by atoms with van der Waals surface area (Å²) in [5, 5.41) is 54.4. The van der Waals surface area contributed by atoms with Gasteiger partial charge in [0.05, 0.1) is 18.6 Å². The van der Waals surface area contributed by atoms with Gasteiger partial charge < -0.3 is 46.6 Å². The predicted octanol–water partition coefficient (Wildman–Crippen LogP) is -4.46. The van der Waals surface area contributed by atoms with Crippen LogP contribution in [-0.2, 0) is 4.74 Å². The molecule has 10 N–H and O–H groups in total. The third kappa shape index (κ3) is 1.65. The monoisotopic (exact) mass is 315 g/mol. The molecule has 0 radical (unpaired) electrons. The molecule has 3 aliphatic heterocycles. The molecule has 0 aromatic heterocycles. The van der Waals surface area contributed by atoms with Gasteiger partial charge in [0.1, 0.15) is 12.7 Å². The Labute approximate surface area is 124 Å². The smallest absolute Gasteiger partial charge is 0.404 e. The molecule has 122 valence electrons. The van der Waals surface area contributed by atoms with Crippen LogP contribution in [0.25, 0.3) is 0 Å². The SMILES string of the molecule is N=C1N[C@H]2[C@H](COC(N)=O)NC(=N)N3C[C@H](O)C(O)(O)[C@]23N1. The Morgan fingerprint density at radius 2 is 2.14 bits per heavy atom. The number of hydrogen-bond acceptors (Lipinski definition) is 7. The van der Waals surface area contributed by atoms with Gasteiger partial charge >= 0.3 is 6.09 Å². The summed E-state index contributed by atoms with van der Waals surface area (Å²) < 4.78 is 4.71. The van der Waals surface area contributed by atoms with E-state index < -0.39 is 35.7 Å². The maximum absolute atomic E-state index is 10.8. The predicted molar refractivity (Wildman–Crippen MR) is 70.6 cm³/mol. The third-order valence-electron chi connectivity index (χ3n) is 4.27. The van der Waals surface area contributed by atoms with E-state index in [-0.39, 0.29) is 25.1 Å². The fourth-order valence-electron chi connectivity index (χ4n) is 3.32. The van der Waals surface area contributed by atoms with Crippen molar-refractivity contribution >= 4 is 18.0 Å². The number of hydrogen-bond donors (Lipinski definition) is 9. The molecule has 12 heteroatoms. The van der Waals surface area contributed by atoms with Crippen LogP contribution in [0.3, 0.4) is 0 Å². The van der Waals surface area contributed by atoms with Gasteiger partial charge in [-0.1, -0.05) is 0 Å². The first-order chi connectivity index (χ1) is 10.2. The van der Waals surface area contributed by atoms with Gasteiger partial charge in [-0.05, 0) is 0 Å². The highest BCUT2D eigenvalue weighted by Crippen LogP contribution is 2.42. The van der Waals surface area contributed by atoms with Gasteiger partial charge in [0.25, 0.3) is 0 Å². The fraction of sp³-hybridized carbons (Fsp3) is 0.700. The van der Waals surface area contributed by atoms with E-state index in [2.05, 4.69) is 16.0 Å². The minimum atomic E-state index is -2.63. The molecule has 0 bridgehead atoms. The Bertz CT molecular complexity index is 554. The standard InChI is InChI=1S/C10H17N7O5/c11-6-15-5-3(2-22-8(13)19)14-7(12)17-1-4(18)10(20,21)9(5,17)16-6/h3-5,18,20-21H,1-2H2,(H2,12,14)(H2,13,19)(H3,11,15,16)/t3-,4-,5-,9-/m0/s1. The van der Waals surface area contributed by atoms with Crippen molar-refractivity contribution in [2.24, 2.45) is 5.73 Å². The second-order valence-electron chi connectivity index (χ2n) is 5.47.